The van der Waals surface area contributed by atoms with Crippen molar-refractivity contribution in [2.45, 2.75) is 44.6 Å². The van der Waals surface area contributed by atoms with Crippen LogP contribution in [0.25, 0.3) is 0 Å². The minimum atomic E-state index is 0.697. The molecule has 0 aromatic heterocycles. The SMILES string of the molecule is COc1ccccc1CCC1CCCCCN1. The number of ether oxygens (including phenoxy) is 1. The van der Waals surface area contributed by atoms with E-state index >= 15 is 0 Å². The fourth-order valence-electron chi connectivity index (χ4n) is 2.59. The molecule has 1 heterocycles. The summed E-state index contributed by atoms with van der Waals surface area (Å²) in [5.41, 5.74) is 1.33. The highest BCUT2D eigenvalue weighted by Gasteiger charge is 2.12. The predicted octanol–water partition coefficient (Wildman–Crippen LogP) is 3.16. The van der Waals surface area contributed by atoms with Crippen LogP contribution >= 0.6 is 0 Å². The zero-order valence-electron chi connectivity index (χ0n) is 10.7. The molecule has 0 amide bonds. The lowest BCUT2D eigenvalue weighted by Crippen LogP contribution is -2.28. The van der Waals surface area contributed by atoms with Crippen LogP contribution in [0.3, 0.4) is 0 Å². The molecule has 1 aromatic carbocycles. The van der Waals surface area contributed by atoms with Crippen molar-refractivity contribution in [3.05, 3.63) is 29.8 Å². The molecule has 0 aliphatic carbocycles. The largest absolute Gasteiger partial charge is 0.496 e. The van der Waals surface area contributed by atoms with Crippen LogP contribution in [-0.4, -0.2) is 19.7 Å². The molecular formula is C15H23NO. The predicted molar refractivity (Wildman–Crippen MR) is 71.6 cm³/mol. The maximum Gasteiger partial charge on any atom is 0.122 e. The van der Waals surface area contributed by atoms with Gasteiger partial charge >= 0.3 is 0 Å². The Balaban J connectivity index is 1.87. The van der Waals surface area contributed by atoms with Crippen molar-refractivity contribution in [2.24, 2.45) is 0 Å². The maximum absolute atomic E-state index is 5.39. The first-order chi connectivity index (χ1) is 8.40. The van der Waals surface area contributed by atoms with Gasteiger partial charge in [0.1, 0.15) is 5.75 Å². The minimum Gasteiger partial charge on any atom is -0.496 e. The van der Waals surface area contributed by atoms with E-state index in [0.717, 1.165) is 12.2 Å². The number of para-hydroxylation sites is 1. The van der Waals surface area contributed by atoms with Crippen molar-refractivity contribution in [3.8, 4) is 5.75 Å². The lowest BCUT2D eigenvalue weighted by molar-refractivity contribution is 0.405. The molecule has 1 atom stereocenters. The lowest BCUT2D eigenvalue weighted by atomic mass is 10.0. The first-order valence-corrected chi connectivity index (χ1v) is 6.75. The van der Waals surface area contributed by atoms with Crippen LogP contribution < -0.4 is 10.1 Å². The van der Waals surface area contributed by atoms with Crippen molar-refractivity contribution < 1.29 is 4.74 Å². The second-order valence-electron chi connectivity index (χ2n) is 4.85. The van der Waals surface area contributed by atoms with E-state index in [1.807, 2.05) is 6.07 Å². The number of benzene rings is 1. The Kier molecular flexibility index (Phi) is 4.87. The molecule has 0 radical (unpaired) electrons. The third-order valence-corrected chi connectivity index (χ3v) is 3.62. The Bertz CT molecular complexity index is 329. The van der Waals surface area contributed by atoms with Crippen LogP contribution in [0.15, 0.2) is 24.3 Å². The number of hydrogen-bond acceptors (Lipinski definition) is 2. The maximum atomic E-state index is 5.39. The summed E-state index contributed by atoms with van der Waals surface area (Å²) in [6.45, 7) is 1.19. The molecule has 1 saturated heterocycles. The lowest BCUT2D eigenvalue weighted by Gasteiger charge is -2.16. The molecule has 1 N–H and O–H groups in total. The highest BCUT2D eigenvalue weighted by atomic mass is 16.5. The normalized spacial score (nSPS) is 20.9. The summed E-state index contributed by atoms with van der Waals surface area (Å²) < 4.78 is 5.39. The zero-order valence-corrected chi connectivity index (χ0v) is 10.7. The monoisotopic (exact) mass is 233 g/mol. The van der Waals surface area contributed by atoms with E-state index in [9.17, 15) is 0 Å². The van der Waals surface area contributed by atoms with Crippen molar-refractivity contribution >= 4 is 0 Å². The van der Waals surface area contributed by atoms with E-state index in [-0.39, 0.29) is 0 Å². The Hall–Kier alpha value is -1.02. The Morgan fingerprint density at radius 2 is 2.12 bits per heavy atom. The van der Waals surface area contributed by atoms with Crippen LogP contribution in [0.4, 0.5) is 0 Å². The molecule has 1 aromatic rings. The van der Waals surface area contributed by atoms with Gasteiger partial charge in [-0.15, -0.1) is 0 Å². The second kappa shape index (κ2) is 6.65. The summed E-state index contributed by atoms with van der Waals surface area (Å²) in [5.74, 6) is 1.03. The van der Waals surface area contributed by atoms with E-state index in [1.54, 1.807) is 7.11 Å². The third kappa shape index (κ3) is 3.74. The standard InChI is InChI=1S/C15H23NO/c1-17-15-9-5-4-7-13(15)10-11-14-8-3-2-6-12-16-14/h4-5,7,9,14,16H,2-3,6,8,10-12H2,1H3. The first-order valence-electron chi connectivity index (χ1n) is 6.75. The molecule has 1 unspecified atom stereocenters. The molecule has 17 heavy (non-hydrogen) atoms. The molecule has 94 valence electrons. The third-order valence-electron chi connectivity index (χ3n) is 3.62. The van der Waals surface area contributed by atoms with Crippen LogP contribution in [0.5, 0.6) is 5.75 Å². The first kappa shape index (κ1) is 12.4. The molecular weight excluding hydrogens is 210 g/mol. The van der Waals surface area contributed by atoms with Gasteiger partial charge in [-0.3, -0.25) is 0 Å². The summed E-state index contributed by atoms with van der Waals surface area (Å²) in [5, 5.41) is 3.65. The summed E-state index contributed by atoms with van der Waals surface area (Å²) in [6, 6.07) is 9.05. The molecule has 0 spiro atoms. The number of nitrogens with one attached hydrogen (secondary N) is 1. The van der Waals surface area contributed by atoms with E-state index in [2.05, 4.69) is 23.5 Å². The van der Waals surface area contributed by atoms with Crippen molar-refractivity contribution in [1.82, 2.24) is 5.32 Å². The summed E-state index contributed by atoms with van der Waals surface area (Å²) in [7, 11) is 1.75. The summed E-state index contributed by atoms with van der Waals surface area (Å²) in [4.78, 5) is 0. The molecule has 2 heteroatoms. The average Bonchev–Trinajstić information content (AvgIpc) is 2.65. The number of aryl methyl sites for hydroxylation is 1. The average molecular weight is 233 g/mol. The van der Waals surface area contributed by atoms with Gasteiger partial charge < -0.3 is 10.1 Å². The fraction of sp³-hybridized carbons (Fsp3) is 0.600. The number of hydrogen-bond donors (Lipinski definition) is 1. The van der Waals surface area contributed by atoms with Gasteiger partial charge in [0.25, 0.3) is 0 Å². The van der Waals surface area contributed by atoms with Gasteiger partial charge in [0.2, 0.25) is 0 Å². The topological polar surface area (TPSA) is 21.3 Å². The molecule has 1 fully saturated rings. The van der Waals surface area contributed by atoms with Crippen LogP contribution in [0.1, 0.15) is 37.7 Å². The highest BCUT2D eigenvalue weighted by molar-refractivity contribution is 5.33. The van der Waals surface area contributed by atoms with Gasteiger partial charge in [-0.2, -0.15) is 0 Å². The Morgan fingerprint density at radius 3 is 3.00 bits per heavy atom. The Morgan fingerprint density at radius 1 is 1.24 bits per heavy atom. The zero-order chi connectivity index (χ0) is 11.9. The van der Waals surface area contributed by atoms with Crippen LogP contribution in [0, 0.1) is 0 Å². The van der Waals surface area contributed by atoms with Gasteiger partial charge in [0.15, 0.2) is 0 Å². The number of rotatable bonds is 4. The van der Waals surface area contributed by atoms with Crippen molar-refractivity contribution in [2.75, 3.05) is 13.7 Å². The Labute approximate surface area is 104 Å². The molecule has 1 aliphatic heterocycles. The second-order valence-corrected chi connectivity index (χ2v) is 4.85. The highest BCUT2D eigenvalue weighted by Crippen LogP contribution is 2.21. The van der Waals surface area contributed by atoms with E-state index in [4.69, 9.17) is 4.74 Å². The molecule has 0 saturated carbocycles. The van der Waals surface area contributed by atoms with Crippen LogP contribution in [-0.2, 0) is 6.42 Å². The van der Waals surface area contributed by atoms with E-state index in [0.29, 0.717) is 6.04 Å². The van der Waals surface area contributed by atoms with Gasteiger partial charge in [-0.25, -0.2) is 0 Å². The fourth-order valence-corrected chi connectivity index (χ4v) is 2.59. The molecule has 2 nitrogen and oxygen atoms in total. The number of methoxy groups -OCH3 is 1. The smallest absolute Gasteiger partial charge is 0.122 e. The summed E-state index contributed by atoms with van der Waals surface area (Å²) in [6.07, 6.45) is 7.77. The van der Waals surface area contributed by atoms with Crippen molar-refractivity contribution in [1.29, 1.82) is 0 Å². The minimum absolute atomic E-state index is 0.697. The van der Waals surface area contributed by atoms with E-state index < -0.39 is 0 Å². The van der Waals surface area contributed by atoms with Crippen LogP contribution in [0.2, 0.25) is 0 Å². The van der Waals surface area contributed by atoms with E-state index in [1.165, 1.54) is 44.2 Å². The van der Waals surface area contributed by atoms with Gasteiger partial charge in [0.05, 0.1) is 7.11 Å². The van der Waals surface area contributed by atoms with Crippen molar-refractivity contribution in [3.63, 3.8) is 0 Å². The summed E-state index contributed by atoms with van der Waals surface area (Å²) >= 11 is 0. The van der Waals surface area contributed by atoms with Gasteiger partial charge in [-0.05, 0) is 43.9 Å². The molecule has 0 bridgehead atoms. The molecule has 2 rings (SSSR count). The molecule has 1 aliphatic rings. The van der Waals surface area contributed by atoms with Gasteiger partial charge in [-0.1, -0.05) is 31.0 Å². The quantitative estimate of drug-likeness (QED) is 0.862. The van der Waals surface area contributed by atoms with Gasteiger partial charge in [0, 0.05) is 6.04 Å².